The number of ether oxygens (including phenoxy) is 1. The molecule has 0 spiro atoms. The Kier molecular flexibility index (Phi) is 6.89. The molecule has 0 heterocycles. The fraction of sp³-hybridized carbons (Fsp3) is 0.417. The summed E-state index contributed by atoms with van der Waals surface area (Å²) >= 11 is 11.6. The largest absolute Gasteiger partial charge is 0.478 e. The maximum absolute atomic E-state index is 12.1. The molecule has 0 saturated carbocycles. The number of carbonyl (C=O) groups is 1. The minimum atomic E-state index is -3.90. The van der Waals surface area contributed by atoms with Crippen molar-refractivity contribution in [3.05, 3.63) is 27.7 Å². The maximum Gasteiger partial charge on any atom is 0.338 e. The molecule has 21 heavy (non-hydrogen) atoms. The Balaban J connectivity index is 2.94. The molecule has 6 nitrogen and oxygen atoms in total. The van der Waals surface area contributed by atoms with Gasteiger partial charge in [-0.2, -0.15) is 0 Å². The number of halogens is 2. The Morgan fingerprint density at radius 1 is 1.33 bits per heavy atom. The first-order chi connectivity index (χ1) is 9.81. The Labute approximate surface area is 133 Å². The van der Waals surface area contributed by atoms with Gasteiger partial charge in [-0.3, -0.25) is 0 Å². The second-order valence-electron chi connectivity index (χ2n) is 4.14. The van der Waals surface area contributed by atoms with Gasteiger partial charge in [0.2, 0.25) is 10.0 Å². The summed E-state index contributed by atoms with van der Waals surface area (Å²) < 4.78 is 31.4. The summed E-state index contributed by atoms with van der Waals surface area (Å²) in [7, 11) is -2.34. The van der Waals surface area contributed by atoms with E-state index in [0.29, 0.717) is 19.4 Å². The lowest BCUT2D eigenvalue weighted by atomic mass is 10.2. The van der Waals surface area contributed by atoms with E-state index in [2.05, 4.69) is 4.72 Å². The van der Waals surface area contributed by atoms with Gasteiger partial charge in [-0.25, -0.2) is 17.9 Å². The third-order valence-corrected chi connectivity index (χ3v) is 4.95. The molecule has 9 heteroatoms. The van der Waals surface area contributed by atoms with Crippen molar-refractivity contribution in [3.8, 4) is 0 Å². The molecule has 0 aliphatic carbocycles. The molecule has 0 radical (unpaired) electrons. The number of benzene rings is 1. The van der Waals surface area contributed by atoms with Crippen molar-refractivity contribution >= 4 is 39.2 Å². The molecule has 0 unspecified atom stereocenters. The minimum Gasteiger partial charge on any atom is -0.478 e. The molecule has 1 aromatic rings. The summed E-state index contributed by atoms with van der Waals surface area (Å²) in [6.45, 7) is 0.736. The van der Waals surface area contributed by atoms with Crippen molar-refractivity contribution < 1.29 is 23.1 Å². The molecular weight excluding hydrogens is 341 g/mol. The lowest BCUT2D eigenvalue weighted by Gasteiger charge is -2.10. The van der Waals surface area contributed by atoms with Crippen LogP contribution in [0.5, 0.6) is 0 Å². The van der Waals surface area contributed by atoms with Gasteiger partial charge < -0.3 is 9.84 Å². The third-order valence-electron chi connectivity index (χ3n) is 2.63. The van der Waals surface area contributed by atoms with Crippen LogP contribution in [0.2, 0.25) is 10.0 Å². The summed E-state index contributed by atoms with van der Waals surface area (Å²) in [4.78, 5) is 10.7. The molecule has 0 aliphatic rings. The van der Waals surface area contributed by atoms with Crippen molar-refractivity contribution in [1.82, 2.24) is 4.72 Å². The first-order valence-electron chi connectivity index (χ1n) is 6.01. The maximum atomic E-state index is 12.1. The van der Waals surface area contributed by atoms with Crippen LogP contribution >= 0.6 is 23.2 Å². The molecule has 0 amide bonds. The molecule has 0 atom stereocenters. The van der Waals surface area contributed by atoms with E-state index in [9.17, 15) is 13.2 Å². The van der Waals surface area contributed by atoms with Crippen LogP contribution in [-0.2, 0) is 14.8 Å². The van der Waals surface area contributed by atoms with Gasteiger partial charge in [0.05, 0.1) is 15.6 Å². The second-order valence-corrected chi connectivity index (χ2v) is 6.66. The first kappa shape index (κ1) is 18.2. The summed E-state index contributed by atoms with van der Waals surface area (Å²) in [5.41, 5.74) is -0.430. The van der Waals surface area contributed by atoms with Gasteiger partial charge in [0, 0.05) is 20.3 Å². The predicted octanol–water partition coefficient (Wildman–Crippen LogP) is 2.40. The van der Waals surface area contributed by atoms with Gasteiger partial charge >= 0.3 is 5.97 Å². The fourth-order valence-electron chi connectivity index (χ4n) is 1.59. The highest BCUT2D eigenvalue weighted by atomic mass is 35.5. The normalized spacial score (nSPS) is 11.6. The van der Waals surface area contributed by atoms with Crippen LogP contribution in [0.25, 0.3) is 0 Å². The number of carboxylic acid groups (broad SMARTS) is 1. The van der Waals surface area contributed by atoms with E-state index in [0.717, 1.165) is 0 Å². The van der Waals surface area contributed by atoms with E-state index >= 15 is 0 Å². The molecule has 0 aromatic heterocycles. The Morgan fingerprint density at radius 2 is 2.00 bits per heavy atom. The van der Waals surface area contributed by atoms with Crippen molar-refractivity contribution in [2.24, 2.45) is 0 Å². The van der Waals surface area contributed by atoms with Crippen LogP contribution in [-0.4, -0.2) is 39.8 Å². The van der Waals surface area contributed by atoms with Gasteiger partial charge in [0.25, 0.3) is 0 Å². The number of hydrogen-bond acceptors (Lipinski definition) is 4. The smallest absolute Gasteiger partial charge is 0.338 e. The van der Waals surface area contributed by atoms with E-state index < -0.39 is 26.6 Å². The van der Waals surface area contributed by atoms with Crippen molar-refractivity contribution in [2.75, 3.05) is 20.3 Å². The molecule has 0 aliphatic heterocycles. The monoisotopic (exact) mass is 355 g/mol. The van der Waals surface area contributed by atoms with E-state index in [1.165, 1.54) is 12.1 Å². The second kappa shape index (κ2) is 7.95. The highest BCUT2D eigenvalue weighted by molar-refractivity contribution is 7.89. The lowest BCUT2D eigenvalue weighted by molar-refractivity contribution is 0.0697. The Morgan fingerprint density at radius 3 is 2.57 bits per heavy atom. The summed E-state index contributed by atoms with van der Waals surface area (Å²) in [6.07, 6.45) is 1.29. The van der Waals surface area contributed by atoms with Gasteiger partial charge in [-0.15, -0.1) is 0 Å². The molecule has 0 saturated heterocycles. The van der Waals surface area contributed by atoms with E-state index in [4.69, 9.17) is 33.0 Å². The molecule has 118 valence electrons. The quantitative estimate of drug-likeness (QED) is 0.698. The molecular formula is C12H15Cl2NO5S. The first-order valence-corrected chi connectivity index (χ1v) is 8.25. The number of nitrogens with one attached hydrogen (secondary N) is 1. The molecule has 2 N–H and O–H groups in total. The van der Waals surface area contributed by atoms with Crippen LogP contribution in [0.1, 0.15) is 23.2 Å². The number of carboxylic acids is 1. The van der Waals surface area contributed by atoms with Crippen LogP contribution in [0, 0.1) is 0 Å². The van der Waals surface area contributed by atoms with Crippen LogP contribution in [0.4, 0.5) is 0 Å². The number of rotatable bonds is 8. The zero-order valence-electron chi connectivity index (χ0n) is 11.2. The molecule has 1 rings (SSSR count). The molecule has 0 bridgehead atoms. The van der Waals surface area contributed by atoms with Crippen molar-refractivity contribution in [2.45, 2.75) is 17.7 Å². The fourth-order valence-corrected chi connectivity index (χ4v) is 3.58. The van der Waals surface area contributed by atoms with E-state index in [1.54, 1.807) is 7.11 Å². The van der Waals surface area contributed by atoms with Crippen LogP contribution < -0.4 is 4.72 Å². The number of unbranched alkanes of at least 4 members (excludes halogenated alkanes) is 1. The summed E-state index contributed by atoms with van der Waals surface area (Å²) in [5, 5.41) is 8.49. The zero-order valence-corrected chi connectivity index (χ0v) is 13.6. The van der Waals surface area contributed by atoms with Crippen molar-refractivity contribution in [3.63, 3.8) is 0 Å². The van der Waals surface area contributed by atoms with Gasteiger partial charge in [-0.1, -0.05) is 23.2 Å². The Bertz CT molecular complexity index is 618. The van der Waals surface area contributed by atoms with Gasteiger partial charge in [0.15, 0.2) is 0 Å². The number of hydrogen-bond donors (Lipinski definition) is 2. The van der Waals surface area contributed by atoms with Gasteiger partial charge in [0.1, 0.15) is 4.90 Å². The average Bonchev–Trinajstić information content (AvgIpc) is 2.37. The van der Waals surface area contributed by atoms with Crippen molar-refractivity contribution in [1.29, 1.82) is 0 Å². The van der Waals surface area contributed by atoms with Crippen LogP contribution in [0.15, 0.2) is 17.0 Å². The minimum absolute atomic E-state index is 0.119. The highest BCUT2D eigenvalue weighted by Crippen LogP contribution is 2.30. The van der Waals surface area contributed by atoms with Gasteiger partial charge in [-0.05, 0) is 25.0 Å². The third kappa shape index (κ3) is 4.82. The van der Waals surface area contributed by atoms with Crippen LogP contribution in [0.3, 0.4) is 0 Å². The number of sulfonamides is 1. The number of methoxy groups -OCH3 is 1. The summed E-state index contributed by atoms with van der Waals surface area (Å²) in [5.74, 6) is -1.39. The standard InChI is InChI=1S/C12H15Cl2NO5S/c1-20-7-3-2-6-15-21(18,19)9-5-4-8(13)10(11(9)14)12(16)17/h4-5,15H,2-3,6-7H2,1H3,(H,16,17). The molecule has 1 aromatic carbocycles. The highest BCUT2D eigenvalue weighted by Gasteiger charge is 2.24. The number of aromatic carboxylic acids is 1. The Hall–Kier alpha value is -0.860. The SMILES string of the molecule is COCCCCNS(=O)(=O)c1ccc(Cl)c(C(=O)O)c1Cl. The van der Waals surface area contributed by atoms with E-state index in [-0.39, 0.29) is 16.5 Å². The average molecular weight is 356 g/mol. The zero-order chi connectivity index (χ0) is 16.0. The topological polar surface area (TPSA) is 92.7 Å². The summed E-state index contributed by atoms with van der Waals surface area (Å²) in [6, 6.07) is 2.37. The predicted molar refractivity (Wildman–Crippen MR) is 79.7 cm³/mol. The molecule has 0 fully saturated rings. The van der Waals surface area contributed by atoms with E-state index in [1.807, 2.05) is 0 Å². The lowest BCUT2D eigenvalue weighted by Crippen LogP contribution is -2.25.